The van der Waals surface area contributed by atoms with E-state index in [-0.39, 0.29) is 332 Å². The van der Waals surface area contributed by atoms with Gasteiger partial charge in [-0.3, -0.25) is 0 Å². The zero-order chi connectivity index (χ0) is 86.9. The fourth-order valence-corrected chi connectivity index (χ4v) is 21.1. The summed E-state index contributed by atoms with van der Waals surface area (Å²) in [5, 5.41) is 251. The van der Waals surface area contributed by atoms with Gasteiger partial charge in [0.2, 0.25) is 0 Å². The summed E-state index contributed by atoms with van der Waals surface area (Å²) in [6.07, 6.45) is -72.1. The van der Waals surface area contributed by atoms with Crippen LogP contribution in [-0.2, 0) is 99.9 Å². The van der Waals surface area contributed by atoms with Crippen LogP contribution < -0.4 is 243 Å². The molecule has 0 spiro atoms. The summed E-state index contributed by atoms with van der Waals surface area (Å²) in [5.41, 5.74) is 0. The van der Waals surface area contributed by atoms with E-state index >= 15 is 0 Å². The number of rotatable bonds is 42. The molecule has 0 saturated carbocycles. The van der Waals surface area contributed by atoms with Crippen molar-refractivity contribution in [3.63, 3.8) is 0 Å². The molecule has 0 aromatic carbocycles. The Bertz CT molecular complexity index is 2590. The van der Waals surface area contributed by atoms with Crippen molar-refractivity contribution in [3.8, 4) is 0 Å². The number of carboxylic acids is 7. The molecule has 0 aromatic rings. The molecular formula is C70H105Na7O42S7. The Labute approximate surface area is 911 Å². The molecule has 0 aliphatic carbocycles. The molecule has 42 nitrogen and oxygen atoms in total. The molecule has 0 aromatic heterocycles. The van der Waals surface area contributed by atoms with Gasteiger partial charge in [-0.1, -0.05) is 0 Å². The topological polar surface area (TPSA) is 693 Å². The van der Waals surface area contributed by atoms with Gasteiger partial charge in [0.05, 0.1) is 42.7 Å². The molecule has 126 heavy (non-hydrogen) atoms. The molecule has 0 unspecified atom stereocenters. The molecule has 14 bridgehead atoms. The Balaban J connectivity index is 0.0000113. The maximum absolute atomic E-state index is 12.3. The first-order valence-electron chi connectivity index (χ1n) is 38.8. The van der Waals surface area contributed by atoms with E-state index in [1.807, 2.05) is 0 Å². The van der Waals surface area contributed by atoms with Crippen molar-refractivity contribution in [2.45, 2.75) is 305 Å². The summed E-state index contributed by atoms with van der Waals surface area (Å²) in [7, 11) is 0. The van der Waals surface area contributed by atoms with Gasteiger partial charge in [-0.15, -0.1) is 0 Å². The van der Waals surface area contributed by atoms with Gasteiger partial charge >= 0.3 is 207 Å². The van der Waals surface area contributed by atoms with Crippen LogP contribution in [0.15, 0.2) is 0 Å². The Hall–Kier alpha value is 4.62. The Morgan fingerprint density at radius 2 is 0.286 bits per heavy atom. The van der Waals surface area contributed by atoms with E-state index in [4.69, 9.17) is 66.3 Å². The van der Waals surface area contributed by atoms with Crippen LogP contribution in [0.4, 0.5) is 0 Å². The Morgan fingerprint density at radius 1 is 0.183 bits per heavy atom. The molecule has 686 valence electrons. The van der Waals surface area contributed by atoms with Gasteiger partial charge in [0.25, 0.3) is 0 Å². The van der Waals surface area contributed by atoms with Crippen molar-refractivity contribution < 1.29 is 414 Å². The second kappa shape index (κ2) is 66.5. The molecule has 21 aliphatic rings. The van der Waals surface area contributed by atoms with Crippen molar-refractivity contribution >= 4 is 124 Å². The van der Waals surface area contributed by atoms with Gasteiger partial charge in [-0.25, -0.2) is 0 Å². The predicted molar refractivity (Wildman–Crippen MR) is 400 cm³/mol. The molecular weight excluding hydrogens is 1900 g/mol. The molecule has 21 aliphatic heterocycles. The molecule has 0 radical (unpaired) electrons. The molecule has 21 fully saturated rings. The number of carbonyl (C=O) groups excluding carboxylic acids is 7. The van der Waals surface area contributed by atoms with Crippen molar-refractivity contribution in [3.05, 3.63) is 0 Å². The number of aliphatic carboxylic acids is 7. The van der Waals surface area contributed by atoms with E-state index in [2.05, 4.69) is 0 Å². The number of hydrogen-bond donors (Lipinski definition) is 14. The number of carboxylic acid groups (broad SMARTS) is 7. The van der Waals surface area contributed by atoms with E-state index in [0.717, 1.165) is 82.3 Å². The van der Waals surface area contributed by atoms with Crippen LogP contribution in [0.2, 0.25) is 0 Å². The second-order valence-electron chi connectivity index (χ2n) is 29.2. The van der Waals surface area contributed by atoms with Crippen LogP contribution in [-0.4, -0.2) is 409 Å². The van der Waals surface area contributed by atoms with Crippen molar-refractivity contribution in [2.24, 2.45) is 0 Å². The van der Waals surface area contributed by atoms with Crippen LogP contribution in [0.25, 0.3) is 0 Å². The van der Waals surface area contributed by atoms with Crippen molar-refractivity contribution in [2.75, 3.05) is 80.5 Å². The summed E-state index contributed by atoms with van der Waals surface area (Å²) in [4.78, 5) is 80.4. The molecule has 14 N–H and O–H groups in total. The first-order chi connectivity index (χ1) is 56.6. The fraction of sp³-hybridized carbons (Fsp3) is 0.900. The van der Waals surface area contributed by atoms with Gasteiger partial charge < -0.3 is 207 Å². The molecule has 56 heteroatoms. The maximum atomic E-state index is 12.3. The van der Waals surface area contributed by atoms with Crippen LogP contribution in [0.5, 0.6) is 0 Å². The standard InChI is InChI=1S/C70H112O42S7.7Na/c71-36(72)8-1-15-113-22-29-57-43(85)50(92)64(99-29)107-58-30(23-114-16-2-9-37(73)74)101-66(52(94)45(58)87)109-60-32(25-116-18-4-11-39(77)78)103-68(54(96)47(60)89)111-62-34(27-118-20-6-13-41(81)82)105-70(56(98)49(62)91)112-63-35(28-119-21-7-14-42(83)84)104-69(55(97)48(63)90)110-61-33(26-117-19-5-12-40(79)80)102-67(53(95)46(61)88)108-59-31(24-115-17-3-10-38(75)76)100-65(106-57)51(93)44(59)86;;;;;;;/h29-35,43-70,85-98H,1-28H2,(H,71,72)(H,73,74)(H,75,76)(H,77,78)(H,79,80)(H,81,82)(H,83,84);;;;;;;/q;7*+1/p-7/t29-,30-,31-,32-,33-,34-,35-,43-,44-,45-,46-,47-,48-,49+,50-,51-,52-,53-,54-,55-,56-,57-,58-,59-,60-,61-,62-,63-,64-,65-,66-,67-,68-,69-,70-;;;;;;;/m1......./s1. The van der Waals surface area contributed by atoms with E-state index in [1.54, 1.807) is 0 Å². The largest absolute Gasteiger partial charge is 1.00 e. The average Bonchev–Trinajstić information content (AvgIpc) is 0.788. The number of hydrogen-bond acceptors (Lipinski definition) is 49. The van der Waals surface area contributed by atoms with Gasteiger partial charge in [0.1, 0.15) is 128 Å². The Kier molecular flexibility index (Phi) is 67.8. The monoisotopic (exact) mass is 2000 g/mol. The molecule has 21 saturated heterocycles. The van der Waals surface area contributed by atoms with E-state index in [9.17, 15) is 141 Å². The molecule has 21 rings (SSSR count). The van der Waals surface area contributed by atoms with E-state index in [0.29, 0.717) is 0 Å². The summed E-state index contributed by atoms with van der Waals surface area (Å²) in [6.45, 7) is 0. The average molecular weight is 2000 g/mol. The summed E-state index contributed by atoms with van der Waals surface area (Å²) >= 11 is 7.13. The van der Waals surface area contributed by atoms with Crippen LogP contribution >= 0.6 is 82.3 Å². The SMILES string of the molecule is O=C([O-])CCCSC[C@H]1O[C@@H]2O[C@H]3[C@H](O)[C@@H](O)[C@@H](O[C@H]4[C@H](O)[C@@H](O)[C@@H](O[C@H]5[C@@H](O)[C@@H](O)[C@@H](O[C@H]6[C@H](O)[C@@H](O)[C@@H](O[C@H]7[C@H](O)[C@@H](O)[C@@H](O[C@H]8[C@H](O)[C@@H](O)[C@@H](O[C@H]1[C@H](O)[C@H]2O)O[C@@H]8CSCCCC(=O)[O-])O[C@@H]7CSCCCC(=O)[O-])O[C@@H]6CSCCCC(=O)[O-])O[C@@H]5CSCCCC(=O)[O-])O[C@@H]4CSCCCC(=O)[O-])O[C@@H]3CSCCCC(=O)[O-].[Na+].[Na+].[Na+].[Na+].[Na+].[Na+].[Na+]. The van der Waals surface area contributed by atoms with Gasteiger partial charge in [0.15, 0.2) is 44.0 Å². The minimum absolute atomic E-state index is 0. The van der Waals surface area contributed by atoms with E-state index in [1.165, 1.54) is 0 Å². The molecule has 0 amide bonds. The number of thioether (sulfide) groups is 7. The number of aliphatic hydroxyl groups is 14. The summed E-state index contributed by atoms with van der Waals surface area (Å²) < 4.78 is 88.5. The van der Waals surface area contributed by atoms with Crippen LogP contribution in [0, 0.1) is 0 Å². The van der Waals surface area contributed by atoms with Crippen molar-refractivity contribution in [1.29, 1.82) is 0 Å². The van der Waals surface area contributed by atoms with Crippen LogP contribution in [0.1, 0.15) is 89.9 Å². The zero-order valence-electron chi connectivity index (χ0n) is 71.1. The minimum Gasteiger partial charge on any atom is -0.550 e. The Morgan fingerprint density at radius 3 is 0.381 bits per heavy atom. The number of ether oxygens (including phenoxy) is 14. The summed E-state index contributed by atoms with van der Waals surface area (Å²) in [5.74, 6) is -11.2. The van der Waals surface area contributed by atoms with E-state index < -0.39 is 302 Å². The third-order valence-electron chi connectivity index (χ3n) is 20.2. The smallest absolute Gasteiger partial charge is 0.550 e. The summed E-state index contributed by atoms with van der Waals surface area (Å²) in [6, 6.07) is 0. The number of carbonyl (C=O) groups is 7. The number of aliphatic hydroxyl groups excluding tert-OH is 14. The van der Waals surface area contributed by atoms with Gasteiger partial charge in [0, 0.05) is 82.1 Å². The first kappa shape index (κ1) is 129. The fourth-order valence-electron chi connectivity index (χ4n) is 14.0. The molecule has 35 atom stereocenters. The first-order valence-corrected chi connectivity index (χ1v) is 46.9. The van der Waals surface area contributed by atoms with Gasteiger partial charge in [-0.05, 0) is 130 Å². The second-order valence-corrected chi connectivity index (χ2v) is 37.3. The molecule has 21 heterocycles. The third-order valence-corrected chi connectivity index (χ3v) is 28.2. The predicted octanol–water partition coefficient (Wildman–Crippen LogP) is -34.3. The third kappa shape index (κ3) is 40.1. The minimum atomic E-state index is -2.26. The van der Waals surface area contributed by atoms with Gasteiger partial charge in [-0.2, -0.15) is 82.3 Å². The maximum Gasteiger partial charge on any atom is 1.00 e. The quantitative estimate of drug-likeness (QED) is 0.0199. The zero-order valence-corrected chi connectivity index (χ0v) is 90.8. The van der Waals surface area contributed by atoms with Crippen molar-refractivity contribution in [1.82, 2.24) is 0 Å². The normalized spacial score (nSPS) is 37.6. The van der Waals surface area contributed by atoms with Crippen LogP contribution in [0.3, 0.4) is 0 Å².